The van der Waals surface area contributed by atoms with Gasteiger partial charge >= 0.3 is 0 Å². The summed E-state index contributed by atoms with van der Waals surface area (Å²) in [7, 11) is 0. The fourth-order valence-electron chi connectivity index (χ4n) is 2.99. The molecule has 0 saturated carbocycles. The molecule has 0 N–H and O–H groups in total. The molecule has 0 spiro atoms. The molecule has 0 radical (unpaired) electrons. The molecule has 0 aromatic heterocycles. The molecule has 0 bridgehead atoms. The van der Waals surface area contributed by atoms with Crippen molar-refractivity contribution in [2.75, 3.05) is 4.90 Å². The maximum absolute atomic E-state index is 13.6. The number of nitrogens with zero attached hydrogens (tertiary/aromatic N) is 2. The van der Waals surface area contributed by atoms with Crippen molar-refractivity contribution in [3.8, 4) is 0 Å². The number of halogens is 1. The Bertz CT molecular complexity index is 859. The molecule has 1 heterocycles. The Hall–Kier alpha value is -2.94. The Morgan fingerprint density at radius 3 is 2.08 bits per heavy atom. The molecule has 4 rings (SSSR count). The first-order chi connectivity index (χ1) is 11.8. The number of aliphatic imine (C=N–C) groups is 1. The topological polar surface area (TPSA) is 15.6 Å². The van der Waals surface area contributed by atoms with Crippen molar-refractivity contribution in [2.24, 2.45) is 4.99 Å². The molecule has 3 heteroatoms. The van der Waals surface area contributed by atoms with Crippen molar-refractivity contribution in [1.29, 1.82) is 0 Å². The highest BCUT2D eigenvalue weighted by Gasteiger charge is 2.18. The molecule has 0 amide bonds. The van der Waals surface area contributed by atoms with Crippen molar-refractivity contribution in [2.45, 2.75) is 13.1 Å². The molecular weight excluding hydrogens is 299 g/mol. The SMILES string of the molecule is Fc1ccccc1N=Cc1ccc(N2Cc3ccccc3C2)cc1. The lowest BCUT2D eigenvalue weighted by molar-refractivity contribution is 0.630. The molecule has 24 heavy (non-hydrogen) atoms. The van der Waals surface area contributed by atoms with Crippen LogP contribution in [0.25, 0.3) is 0 Å². The van der Waals surface area contributed by atoms with E-state index in [9.17, 15) is 4.39 Å². The van der Waals surface area contributed by atoms with Gasteiger partial charge in [-0.2, -0.15) is 0 Å². The van der Waals surface area contributed by atoms with Gasteiger partial charge < -0.3 is 4.90 Å². The molecule has 118 valence electrons. The first kappa shape index (κ1) is 14.6. The Morgan fingerprint density at radius 1 is 0.792 bits per heavy atom. The van der Waals surface area contributed by atoms with E-state index in [4.69, 9.17) is 0 Å². The van der Waals surface area contributed by atoms with Gasteiger partial charge in [-0.05, 0) is 41.0 Å². The fourth-order valence-corrected chi connectivity index (χ4v) is 2.99. The summed E-state index contributed by atoms with van der Waals surface area (Å²) in [5.74, 6) is -0.305. The predicted molar refractivity (Wildman–Crippen MR) is 96.4 cm³/mol. The van der Waals surface area contributed by atoms with Gasteiger partial charge in [0, 0.05) is 25.0 Å². The van der Waals surface area contributed by atoms with Gasteiger partial charge in [0.2, 0.25) is 0 Å². The average Bonchev–Trinajstić information content (AvgIpc) is 3.06. The third-order valence-electron chi connectivity index (χ3n) is 4.30. The minimum Gasteiger partial charge on any atom is -0.363 e. The minimum atomic E-state index is -0.305. The van der Waals surface area contributed by atoms with E-state index in [2.05, 4.69) is 46.3 Å². The van der Waals surface area contributed by atoms with Crippen LogP contribution in [0.15, 0.2) is 77.8 Å². The Kier molecular flexibility index (Phi) is 3.83. The van der Waals surface area contributed by atoms with E-state index in [1.807, 2.05) is 12.1 Å². The standard InChI is InChI=1S/C21H17FN2/c22-20-7-3-4-8-21(20)23-13-16-9-11-19(12-10-16)24-14-17-5-1-2-6-18(17)15-24/h1-13H,14-15H2. The summed E-state index contributed by atoms with van der Waals surface area (Å²) >= 11 is 0. The van der Waals surface area contributed by atoms with Gasteiger partial charge in [0.25, 0.3) is 0 Å². The minimum absolute atomic E-state index is 0.305. The average molecular weight is 316 g/mol. The zero-order valence-electron chi connectivity index (χ0n) is 13.2. The summed E-state index contributed by atoms with van der Waals surface area (Å²) in [5.41, 5.74) is 5.29. The van der Waals surface area contributed by atoms with E-state index in [1.54, 1.807) is 24.4 Å². The van der Waals surface area contributed by atoms with E-state index in [0.717, 1.165) is 18.7 Å². The van der Waals surface area contributed by atoms with Crippen LogP contribution in [0.2, 0.25) is 0 Å². The third-order valence-corrected chi connectivity index (χ3v) is 4.30. The number of fused-ring (bicyclic) bond motifs is 1. The summed E-state index contributed by atoms with van der Waals surface area (Å²) in [6.45, 7) is 1.89. The smallest absolute Gasteiger partial charge is 0.148 e. The quantitative estimate of drug-likeness (QED) is 0.614. The monoisotopic (exact) mass is 316 g/mol. The first-order valence-electron chi connectivity index (χ1n) is 8.00. The molecule has 1 aliphatic heterocycles. The fraction of sp³-hybridized carbons (Fsp3) is 0.0952. The van der Waals surface area contributed by atoms with Crippen molar-refractivity contribution in [1.82, 2.24) is 0 Å². The van der Waals surface area contributed by atoms with Crippen LogP contribution < -0.4 is 4.90 Å². The lowest BCUT2D eigenvalue weighted by Crippen LogP contribution is -2.14. The molecule has 1 aliphatic rings. The third kappa shape index (κ3) is 2.93. The van der Waals surface area contributed by atoms with Gasteiger partial charge in [-0.25, -0.2) is 4.39 Å². The number of hydrogen-bond donors (Lipinski definition) is 0. The van der Waals surface area contributed by atoms with E-state index >= 15 is 0 Å². The Morgan fingerprint density at radius 2 is 1.42 bits per heavy atom. The van der Waals surface area contributed by atoms with Crippen molar-refractivity contribution in [3.63, 3.8) is 0 Å². The number of anilines is 1. The highest BCUT2D eigenvalue weighted by atomic mass is 19.1. The zero-order chi connectivity index (χ0) is 16.4. The van der Waals surface area contributed by atoms with Gasteiger partial charge in [-0.15, -0.1) is 0 Å². The van der Waals surface area contributed by atoms with Crippen LogP contribution in [0, 0.1) is 5.82 Å². The lowest BCUT2D eigenvalue weighted by Gasteiger charge is -2.17. The second-order valence-electron chi connectivity index (χ2n) is 5.93. The first-order valence-corrected chi connectivity index (χ1v) is 8.00. The summed E-state index contributed by atoms with van der Waals surface area (Å²) in [6, 6.07) is 23.3. The van der Waals surface area contributed by atoms with Gasteiger partial charge in [0.1, 0.15) is 5.82 Å². The normalized spacial score (nSPS) is 13.5. The summed E-state index contributed by atoms with van der Waals surface area (Å²) in [5, 5.41) is 0. The van der Waals surface area contributed by atoms with Crippen LogP contribution in [0.1, 0.15) is 16.7 Å². The van der Waals surface area contributed by atoms with Crippen LogP contribution in [0.4, 0.5) is 15.8 Å². The molecule has 0 atom stereocenters. The molecule has 0 unspecified atom stereocenters. The second-order valence-corrected chi connectivity index (χ2v) is 5.93. The second kappa shape index (κ2) is 6.28. The number of rotatable bonds is 3. The number of para-hydroxylation sites is 1. The van der Waals surface area contributed by atoms with Crippen molar-refractivity contribution < 1.29 is 4.39 Å². The molecule has 0 aliphatic carbocycles. The largest absolute Gasteiger partial charge is 0.363 e. The molecule has 3 aromatic rings. The van der Waals surface area contributed by atoms with E-state index < -0.39 is 0 Å². The van der Waals surface area contributed by atoms with Crippen LogP contribution in [-0.4, -0.2) is 6.21 Å². The molecular formula is C21H17FN2. The van der Waals surface area contributed by atoms with Crippen LogP contribution in [0.3, 0.4) is 0 Å². The molecule has 3 aromatic carbocycles. The van der Waals surface area contributed by atoms with Crippen LogP contribution >= 0.6 is 0 Å². The van der Waals surface area contributed by atoms with Gasteiger partial charge in [0.05, 0.1) is 5.69 Å². The van der Waals surface area contributed by atoms with Crippen molar-refractivity contribution >= 4 is 17.6 Å². The van der Waals surface area contributed by atoms with Gasteiger partial charge in [-0.1, -0.05) is 48.5 Å². The van der Waals surface area contributed by atoms with Crippen molar-refractivity contribution in [3.05, 3.63) is 95.3 Å². The van der Waals surface area contributed by atoms with Gasteiger partial charge in [0.15, 0.2) is 0 Å². The predicted octanol–water partition coefficient (Wildman–Crippen LogP) is 5.10. The lowest BCUT2D eigenvalue weighted by atomic mass is 10.1. The molecule has 2 nitrogen and oxygen atoms in total. The number of benzene rings is 3. The number of hydrogen-bond acceptors (Lipinski definition) is 2. The Balaban J connectivity index is 1.49. The van der Waals surface area contributed by atoms with E-state index in [0.29, 0.717) is 5.69 Å². The van der Waals surface area contributed by atoms with E-state index in [1.165, 1.54) is 22.9 Å². The summed E-state index contributed by atoms with van der Waals surface area (Å²) in [6.07, 6.45) is 1.70. The Labute approximate surface area is 140 Å². The maximum atomic E-state index is 13.6. The maximum Gasteiger partial charge on any atom is 0.148 e. The molecule has 0 fully saturated rings. The van der Waals surface area contributed by atoms with E-state index in [-0.39, 0.29) is 5.82 Å². The zero-order valence-corrected chi connectivity index (χ0v) is 13.2. The summed E-state index contributed by atoms with van der Waals surface area (Å²) < 4.78 is 13.6. The van der Waals surface area contributed by atoms with Gasteiger partial charge in [-0.3, -0.25) is 4.99 Å². The molecule has 0 saturated heterocycles. The summed E-state index contributed by atoms with van der Waals surface area (Å²) in [4.78, 5) is 6.57. The highest BCUT2D eigenvalue weighted by Crippen LogP contribution is 2.28. The highest BCUT2D eigenvalue weighted by molar-refractivity contribution is 5.82. The van der Waals surface area contributed by atoms with Crippen LogP contribution in [-0.2, 0) is 13.1 Å². The van der Waals surface area contributed by atoms with Crippen LogP contribution in [0.5, 0.6) is 0 Å².